The van der Waals surface area contributed by atoms with Gasteiger partial charge in [-0.1, -0.05) is 22.0 Å². The highest BCUT2D eigenvalue weighted by Gasteiger charge is 2.26. The monoisotopic (exact) mass is 317 g/mol. The predicted octanol–water partition coefficient (Wildman–Crippen LogP) is 3.89. The largest absolute Gasteiger partial charge is 0.346 e. The van der Waals surface area contributed by atoms with Gasteiger partial charge in [0.25, 0.3) is 5.91 Å². The molecule has 0 heterocycles. The van der Waals surface area contributed by atoms with Gasteiger partial charge in [-0.2, -0.15) is 0 Å². The minimum atomic E-state index is -0.437. The molecule has 1 unspecified atom stereocenters. The Labute approximate surface area is 116 Å². The molecule has 0 aliphatic heterocycles. The Bertz CT molecular complexity index is 429. The van der Waals surface area contributed by atoms with E-state index in [2.05, 4.69) is 21.2 Å². The Morgan fingerprint density at radius 1 is 1.47 bits per heavy atom. The van der Waals surface area contributed by atoms with E-state index in [1.807, 2.05) is 45.9 Å². The molecule has 0 saturated heterocycles. The molecule has 4 heteroatoms. The smallest absolute Gasteiger partial charge is 0.252 e. The third-order valence-corrected chi connectivity index (χ3v) is 3.91. The van der Waals surface area contributed by atoms with Gasteiger partial charge in [0.05, 0.1) is 10.9 Å². The van der Waals surface area contributed by atoms with Crippen LogP contribution >= 0.6 is 27.5 Å². The van der Waals surface area contributed by atoms with Crippen LogP contribution < -0.4 is 5.32 Å². The molecule has 0 spiro atoms. The quantitative estimate of drug-likeness (QED) is 0.842. The molecular weight excluding hydrogens is 302 g/mol. The summed E-state index contributed by atoms with van der Waals surface area (Å²) in [4.78, 5) is 12.1. The molecular formula is C13H17BrClNO. The maximum atomic E-state index is 12.1. The summed E-state index contributed by atoms with van der Waals surface area (Å²) < 4.78 is 0.893. The van der Waals surface area contributed by atoms with E-state index in [4.69, 9.17) is 11.6 Å². The summed E-state index contributed by atoms with van der Waals surface area (Å²) >= 11 is 9.42. The Kier molecular flexibility index (Phi) is 4.62. The van der Waals surface area contributed by atoms with Crippen LogP contribution in [-0.4, -0.2) is 16.8 Å². The average Bonchev–Trinajstić information content (AvgIpc) is 2.20. The number of carbonyl (C=O) groups excluding carboxylic acids is 1. The van der Waals surface area contributed by atoms with Gasteiger partial charge in [-0.3, -0.25) is 4.79 Å². The summed E-state index contributed by atoms with van der Waals surface area (Å²) in [5.41, 5.74) is 1.18. The van der Waals surface area contributed by atoms with E-state index in [0.29, 0.717) is 5.56 Å². The highest BCUT2D eigenvalue weighted by Crippen LogP contribution is 2.19. The minimum absolute atomic E-state index is 0.0960. The van der Waals surface area contributed by atoms with Crippen molar-refractivity contribution in [1.29, 1.82) is 0 Å². The van der Waals surface area contributed by atoms with E-state index in [9.17, 15) is 4.79 Å². The molecule has 0 radical (unpaired) electrons. The molecule has 1 aromatic carbocycles. The third kappa shape index (κ3) is 3.71. The lowest BCUT2D eigenvalue weighted by Crippen LogP contribution is -2.49. The predicted molar refractivity (Wildman–Crippen MR) is 75.7 cm³/mol. The topological polar surface area (TPSA) is 29.1 Å². The van der Waals surface area contributed by atoms with Crippen molar-refractivity contribution in [2.75, 3.05) is 0 Å². The molecule has 94 valence electrons. The zero-order chi connectivity index (χ0) is 13.2. The Morgan fingerprint density at radius 3 is 2.59 bits per heavy atom. The molecule has 2 nitrogen and oxygen atoms in total. The lowest BCUT2D eigenvalue weighted by Gasteiger charge is -2.29. The van der Waals surface area contributed by atoms with E-state index < -0.39 is 5.54 Å². The van der Waals surface area contributed by atoms with Gasteiger partial charge in [-0.15, -0.1) is 11.6 Å². The Morgan fingerprint density at radius 2 is 2.06 bits per heavy atom. The van der Waals surface area contributed by atoms with Crippen LogP contribution in [0.4, 0.5) is 0 Å². The molecule has 1 aromatic rings. The maximum Gasteiger partial charge on any atom is 0.252 e. The van der Waals surface area contributed by atoms with Crippen LogP contribution in [0.3, 0.4) is 0 Å². The standard InChI is InChI=1S/C13H17BrClNO/c1-8-5-6-10(14)7-11(8)12(17)16-13(3,4)9(2)15/h5-7,9H,1-4H3,(H,16,17). The Balaban J connectivity index is 2.94. The molecule has 0 aliphatic carbocycles. The molecule has 1 N–H and O–H groups in total. The fourth-order valence-electron chi connectivity index (χ4n) is 1.30. The number of halogens is 2. The van der Waals surface area contributed by atoms with Crippen molar-refractivity contribution in [3.8, 4) is 0 Å². The summed E-state index contributed by atoms with van der Waals surface area (Å²) in [6, 6.07) is 5.65. The molecule has 1 amide bonds. The molecule has 0 bridgehead atoms. The normalized spacial score (nSPS) is 13.3. The van der Waals surface area contributed by atoms with Crippen molar-refractivity contribution >= 4 is 33.4 Å². The fourth-order valence-corrected chi connectivity index (χ4v) is 1.71. The van der Waals surface area contributed by atoms with Gasteiger partial charge in [-0.25, -0.2) is 0 Å². The number of hydrogen-bond acceptors (Lipinski definition) is 1. The third-order valence-electron chi connectivity index (χ3n) is 2.87. The molecule has 1 rings (SSSR count). The van der Waals surface area contributed by atoms with Crippen molar-refractivity contribution in [3.63, 3.8) is 0 Å². The van der Waals surface area contributed by atoms with Gasteiger partial charge in [0.1, 0.15) is 0 Å². The second kappa shape index (κ2) is 5.40. The number of alkyl halides is 1. The van der Waals surface area contributed by atoms with Crippen LogP contribution in [0.2, 0.25) is 0 Å². The second-order valence-electron chi connectivity index (χ2n) is 4.75. The SMILES string of the molecule is Cc1ccc(Br)cc1C(=O)NC(C)(C)C(C)Cl. The van der Waals surface area contributed by atoms with Gasteiger partial charge in [-0.05, 0) is 45.4 Å². The van der Waals surface area contributed by atoms with Gasteiger partial charge in [0.15, 0.2) is 0 Å². The summed E-state index contributed by atoms with van der Waals surface area (Å²) in [7, 11) is 0. The summed E-state index contributed by atoms with van der Waals surface area (Å²) in [6.07, 6.45) is 0. The molecule has 0 saturated carbocycles. The first-order valence-corrected chi connectivity index (χ1v) is 6.69. The van der Waals surface area contributed by atoms with Gasteiger partial charge < -0.3 is 5.32 Å². The number of hydrogen-bond donors (Lipinski definition) is 1. The number of aryl methyl sites for hydroxylation is 1. The molecule has 17 heavy (non-hydrogen) atoms. The van der Waals surface area contributed by atoms with E-state index in [0.717, 1.165) is 10.0 Å². The van der Waals surface area contributed by atoms with Crippen molar-refractivity contribution in [2.24, 2.45) is 0 Å². The zero-order valence-corrected chi connectivity index (χ0v) is 12.8. The fraction of sp³-hybridized carbons (Fsp3) is 0.462. The molecule has 0 fully saturated rings. The molecule has 1 atom stereocenters. The molecule has 0 aromatic heterocycles. The van der Waals surface area contributed by atoms with Crippen LogP contribution in [0.25, 0.3) is 0 Å². The number of benzene rings is 1. The van der Waals surface area contributed by atoms with E-state index >= 15 is 0 Å². The first-order chi connectivity index (χ1) is 7.74. The van der Waals surface area contributed by atoms with Crippen LogP contribution in [0.5, 0.6) is 0 Å². The number of nitrogens with one attached hydrogen (secondary N) is 1. The van der Waals surface area contributed by atoms with Crippen LogP contribution in [0, 0.1) is 6.92 Å². The number of carbonyl (C=O) groups is 1. The maximum absolute atomic E-state index is 12.1. The van der Waals surface area contributed by atoms with Crippen molar-refractivity contribution < 1.29 is 4.79 Å². The van der Waals surface area contributed by atoms with E-state index in [1.165, 1.54) is 0 Å². The first kappa shape index (κ1) is 14.5. The van der Waals surface area contributed by atoms with E-state index in [1.54, 1.807) is 0 Å². The van der Waals surface area contributed by atoms with Crippen molar-refractivity contribution in [2.45, 2.75) is 38.6 Å². The van der Waals surface area contributed by atoms with Crippen LogP contribution in [0.1, 0.15) is 36.7 Å². The number of amides is 1. The van der Waals surface area contributed by atoms with Gasteiger partial charge in [0.2, 0.25) is 0 Å². The van der Waals surface area contributed by atoms with Crippen LogP contribution in [0.15, 0.2) is 22.7 Å². The lowest BCUT2D eigenvalue weighted by molar-refractivity contribution is 0.0912. The second-order valence-corrected chi connectivity index (χ2v) is 6.32. The average molecular weight is 319 g/mol. The van der Waals surface area contributed by atoms with Crippen molar-refractivity contribution in [1.82, 2.24) is 5.32 Å². The van der Waals surface area contributed by atoms with Crippen molar-refractivity contribution in [3.05, 3.63) is 33.8 Å². The highest BCUT2D eigenvalue weighted by molar-refractivity contribution is 9.10. The Hall–Kier alpha value is -0.540. The van der Waals surface area contributed by atoms with Gasteiger partial charge >= 0.3 is 0 Å². The van der Waals surface area contributed by atoms with Gasteiger partial charge in [0, 0.05) is 10.0 Å². The zero-order valence-electron chi connectivity index (χ0n) is 10.5. The summed E-state index contributed by atoms with van der Waals surface area (Å²) in [5, 5.41) is 2.81. The van der Waals surface area contributed by atoms with E-state index in [-0.39, 0.29) is 11.3 Å². The van der Waals surface area contributed by atoms with Crippen LogP contribution in [-0.2, 0) is 0 Å². The minimum Gasteiger partial charge on any atom is -0.346 e. The molecule has 0 aliphatic rings. The first-order valence-electron chi connectivity index (χ1n) is 5.47. The summed E-state index contributed by atoms with van der Waals surface area (Å²) in [6.45, 7) is 7.61. The summed E-state index contributed by atoms with van der Waals surface area (Å²) in [5.74, 6) is -0.0960. The highest BCUT2D eigenvalue weighted by atomic mass is 79.9. The lowest BCUT2D eigenvalue weighted by atomic mass is 10.00. The number of rotatable bonds is 3.